The Bertz CT molecular complexity index is 1780. The van der Waals surface area contributed by atoms with Crippen LogP contribution in [0.15, 0.2) is 54.6 Å². The van der Waals surface area contributed by atoms with E-state index < -0.39 is 121 Å². The molecule has 7 amide bonds. The number of aromatic hydroxyl groups is 1. The molecule has 0 aliphatic rings. The molecule has 2 rings (SSSR count). The molecule has 0 aromatic heterocycles. The molecular formula is C38H54N8O13. The summed E-state index contributed by atoms with van der Waals surface area (Å²) in [6.07, 6.45) is -4.07. The number of phenolic OH excluding ortho intramolecular Hbond substituents is 1. The number of carbonyl (C=O) groups is 8. The highest BCUT2D eigenvalue weighted by molar-refractivity contribution is 5.98. The Hall–Kier alpha value is -6.16. The lowest BCUT2D eigenvalue weighted by Crippen LogP contribution is -2.63. The molecule has 0 bridgehead atoms. The number of phenols is 1. The van der Waals surface area contributed by atoms with Gasteiger partial charge in [-0.3, -0.25) is 33.6 Å². The van der Waals surface area contributed by atoms with Crippen LogP contribution >= 0.6 is 0 Å². The molecule has 2 aromatic carbocycles. The van der Waals surface area contributed by atoms with Gasteiger partial charge in [-0.25, -0.2) is 4.79 Å². The Morgan fingerprint density at radius 2 is 1.02 bits per heavy atom. The molecule has 15 N–H and O–H groups in total. The third-order valence-corrected chi connectivity index (χ3v) is 8.85. The largest absolute Gasteiger partial charge is 0.508 e. The zero-order chi connectivity index (χ0) is 44.6. The molecule has 0 saturated carbocycles. The highest BCUT2D eigenvalue weighted by atomic mass is 16.4. The Morgan fingerprint density at radius 3 is 1.49 bits per heavy atom. The van der Waals surface area contributed by atoms with Crippen LogP contribution in [0.5, 0.6) is 5.75 Å². The van der Waals surface area contributed by atoms with Gasteiger partial charge in [-0.2, -0.15) is 0 Å². The lowest BCUT2D eigenvalue weighted by atomic mass is 9.99. The van der Waals surface area contributed by atoms with Crippen molar-refractivity contribution < 1.29 is 63.9 Å². The van der Waals surface area contributed by atoms with Crippen LogP contribution in [0.3, 0.4) is 0 Å². The first-order chi connectivity index (χ1) is 27.6. The van der Waals surface area contributed by atoms with E-state index in [2.05, 4.69) is 26.6 Å². The number of rotatable bonds is 23. The lowest BCUT2D eigenvalue weighted by molar-refractivity contribution is -0.143. The summed E-state index contributed by atoms with van der Waals surface area (Å²) in [7, 11) is 0. The van der Waals surface area contributed by atoms with Crippen LogP contribution in [-0.4, -0.2) is 134 Å². The van der Waals surface area contributed by atoms with Gasteiger partial charge in [0.2, 0.25) is 41.4 Å². The van der Waals surface area contributed by atoms with E-state index in [9.17, 15) is 63.9 Å². The summed E-state index contributed by atoms with van der Waals surface area (Å²) < 4.78 is 0. The summed E-state index contributed by atoms with van der Waals surface area (Å²) in [5, 5.41) is 63.0. The first-order valence-electron chi connectivity index (χ1n) is 18.5. The Kier molecular flexibility index (Phi) is 19.3. The van der Waals surface area contributed by atoms with Crippen molar-refractivity contribution >= 4 is 47.3 Å². The quantitative estimate of drug-likeness (QED) is 0.0505. The standard InChI is InChI=1S/C38H54N8O13/c1-18(2)29(44-36(56)31(20(4)49)46-37(57)30(19(3)48)45-32(52)24(39)14-21-8-6-5-7-9-21)35(55)42-25(15-22-10-12-23(50)13-11-22)33(53)41-26(16-28(40)51)34(54)43-27(17-47)38(58)59/h5-13,18-20,24-27,29-31,47-50H,14-17,39H2,1-4H3,(H2,40,51)(H,41,53)(H,42,55)(H,43,54)(H,44,56)(H,45,52)(H,46,57)(H,58,59)/t19-,20-,24+,25+,26+,27+,29+,30+,31+/m1/s1. The van der Waals surface area contributed by atoms with Crippen LogP contribution in [0.4, 0.5) is 0 Å². The van der Waals surface area contributed by atoms with E-state index in [0.717, 1.165) is 12.5 Å². The number of benzene rings is 2. The van der Waals surface area contributed by atoms with Crippen molar-refractivity contribution in [3.63, 3.8) is 0 Å². The predicted octanol–water partition coefficient (Wildman–Crippen LogP) is -4.22. The summed E-state index contributed by atoms with van der Waals surface area (Å²) in [6.45, 7) is 4.40. The molecule has 0 heterocycles. The number of nitrogens with one attached hydrogen (secondary N) is 6. The van der Waals surface area contributed by atoms with Crippen LogP contribution in [0.1, 0.15) is 45.2 Å². The number of amides is 7. The zero-order valence-corrected chi connectivity index (χ0v) is 33.0. The molecule has 59 heavy (non-hydrogen) atoms. The second-order valence-corrected chi connectivity index (χ2v) is 14.2. The monoisotopic (exact) mass is 830 g/mol. The summed E-state index contributed by atoms with van der Waals surface area (Å²) in [4.78, 5) is 103. The first-order valence-corrected chi connectivity index (χ1v) is 18.5. The van der Waals surface area contributed by atoms with E-state index >= 15 is 0 Å². The summed E-state index contributed by atoms with van der Waals surface area (Å²) >= 11 is 0. The molecule has 9 atom stereocenters. The fourth-order valence-corrected chi connectivity index (χ4v) is 5.53. The van der Waals surface area contributed by atoms with Gasteiger partial charge in [0.25, 0.3) is 0 Å². The van der Waals surface area contributed by atoms with Gasteiger partial charge in [0, 0.05) is 6.42 Å². The molecule has 0 fully saturated rings. The summed E-state index contributed by atoms with van der Waals surface area (Å²) in [5.74, 6) is -9.68. The van der Waals surface area contributed by atoms with Crippen molar-refractivity contribution in [2.24, 2.45) is 17.4 Å². The van der Waals surface area contributed by atoms with Crippen LogP contribution in [0, 0.1) is 5.92 Å². The van der Waals surface area contributed by atoms with Gasteiger partial charge in [0.05, 0.1) is 31.3 Å². The molecular weight excluding hydrogens is 776 g/mol. The Balaban J connectivity index is 2.31. The van der Waals surface area contributed by atoms with Crippen LogP contribution in [0.2, 0.25) is 0 Å². The van der Waals surface area contributed by atoms with E-state index in [0.29, 0.717) is 5.56 Å². The van der Waals surface area contributed by atoms with E-state index in [1.54, 1.807) is 30.3 Å². The topological polar surface area (TPSA) is 362 Å². The average Bonchev–Trinajstić information content (AvgIpc) is 3.16. The number of aliphatic carboxylic acids is 1. The van der Waals surface area contributed by atoms with Gasteiger partial charge in [-0.05, 0) is 49.4 Å². The number of hydrogen-bond acceptors (Lipinski definition) is 13. The molecule has 324 valence electrons. The maximum absolute atomic E-state index is 13.8. The van der Waals surface area contributed by atoms with Gasteiger partial charge >= 0.3 is 5.97 Å². The molecule has 0 radical (unpaired) electrons. The van der Waals surface area contributed by atoms with Gasteiger partial charge < -0.3 is 68.9 Å². The van der Waals surface area contributed by atoms with Gasteiger partial charge in [0.15, 0.2) is 0 Å². The molecule has 21 heteroatoms. The highest BCUT2D eigenvalue weighted by Crippen LogP contribution is 2.13. The van der Waals surface area contributed by atoms with E-state index in [4.69, 9.17) is 11.5 Å². The molecule has 0 saturated heterocycles. The summed E-state index contributed by atoms with van der Waals surface area (Å²) in [5.41, 5.74) is 12.4. The third-order valence-electron chi connectivity index (χ3n) is 8.85. The van der Waals surface area contributed by atoms with Gasteiger partial charge in [0.1, 0.15) is 42.0 Å². The lowest BCUT2D eigenvalue weighted by Gasteiger charge is -2.30. The molecule has 21 nitrogen and oxygen atoms in total. The number of aliphatic hydroxyl groups excluding tert-OH is 3. The minimum absolute atomic E-state index is 0.108. The number of hydrogen-bond donors (Lipinski definition) is 13. The molecule has 0 spiro atoms. The maximum Gasteiger partial charge on any atom is 0.328 e. The van der Waals surface area contributed by atoms with E-state index in [1.165, 1.54) is 45.0 Å². The number of carboxylic acids is 1. The minimum Gasteiger partial charge on any atom is -0.508 e. The zero-order valence-electron chi connectivity index (χ0n) is 33.0. The number of carboxylic acid groups (broad SMARTS) is 1. The fraction of sp³-hybridized carbons (Fsp3) is 0.474. The molecule has 2 aromatic rings. The average molecular weight is 831 g/mol. The molecule has 0 aliphatic heterocycles. The molecule has 0 aliphatic carbocycles. The Labute approximate surface area is 339 Å². The SMILES string of the molecule is CC(C)[C@H](NC(=O)[C@@H](NC(=O)[C@@H](NC(=O)[C@@H](N)Cc1ccccc1)[C@@H](C)O)[C@@H](C)O)C(=O)N[C@@H](Cc1ccc(O)cc1)C(=O)N[C@@H](CC(N)=O)C(=O)N[C@@H](CO)C(=O)O. The third kappa shape index (κ3) is 16.0. The van der Waals surface area contributed by atoms with Crippen molar-refractivity contribution in [2.75, 3.05) is 6.61 Å². The highest BCUT2D eigenvalue weighted by Gasteiger charge is 2.37. The fourth-order valence-electron chi connectivity index (χ4n) is 5.53. The minimum atomic E-state index is -1.80. The van der Waals surface area contributed by atoms with Crippen LogP contribution < -0.4 is 43.4 Å². The maximum atomic E-state index is 13.8. The van der Waals surface area contributed by atoms with Crippen molar-refractivity contribution in [2.45, 2.75) is 101 Å². The summed E-state index contributed by atoms with van der Waals surface area (Å²) in [6, 6.07) is 3.15. The van der Waals surface area contributed by atoms with Crippen molar-refractivity contribution in [1.29, 1.82) is 0 Å². The second kappa shape index (κ2) is 23.3. The normalized spacial score (nSPS) is 15.7. The number of primary amides is 1. The smallest absolute Gasteiger partial charge is 0.328 e. The van der Waals surface area contributed by atoms with Crippen molar-refractivity contribution in [1.82, 2.24) is 31.9 Å². The van der Waals surface area contributed by atoms with Crippen molar-refractivity contribution in [3.8, 4) is 5.75 Å². The van der Waals surface area contributed by atoms with E-state index in [1.807, 2.05) is 5.32 Å². The molecule has 0 unspecified atom stereocenters. The first kappa shape index (κ1) is 49.0. The van der Waals surface area contributed by atoms with Gasteiger partial charge in [-0.1, -0.05) is 56.3 Å². The van der Waals surface area contributed by atoms with Crippen LogP contribution in [0.25, 0.3) is 0 Å². The van der Waals surface area contributed by atoms with Crippen LogP contribution in [-0.2, 0) is 51.2 Å². The van der Waals surface area contributed by atoms with Crippen molar-refractivity contribution in [3.05, 3.63) is 65.7 Å². The number of nitrogens with two attached hydrogens (primary N) is 2. The number of carbonyl (C=O) groups excluding carboxylic acids is 7. The van der Waals surface area contributed by atoms with Gasteiger partial charge in [-0.15, -0.1) is 0 Å². The Morgan fingerprint density at radius 1 is 0.576 bits per heavy atom. The predicted molar refractivity (Wildman–Crippen MR) is 208 cm³/mol. The second-order valence-electron chi connectivity index (χ2n) is 14.2. The van der Waals surface area contributed by atoms with E-state index in [-0.39, 0.29) is 18.6 Å². The number of aliphatic hydroxyl groups is 3.